The maximum absolute atomic E-state index is 6.38. The Morgan fingerprint density at radius 2 is 1.76 bits per heavy atom. The third-order valence-electron chi connectivity index (χ3n) is 5.21. The van der Waals surface area contributed by atoms with Crippen molar-refractivity contribution < 1.29 is 4.74 Å². The van der Waals surface area contributed by atoms with Crippen molar-refractivity contribution in [2.75, 3.05) is 6.54 Å². The fourth-order valence-electron chi connectivity index (χ4n) is 3.93. The van der Waals surface area contributed by atoms with Gasteiger partial charge >= 0.3 is 0 Å². The zero-order chi connectivity index (χ0) is 12.3. The molecule has 0 aromatic carbocycles. The van der Waals surface area contributed by atoms with Crippen molar-refractivity contribution in [3.8, 4) is 0 Å². The minimum absolute atomic E-state index is 0.415. The summed E-state index contributed by atoms with van der Waals surface area (Å²) in [5.41, 5.74) is 0.415. The lowest BCUT2D eigenvalue weighted by atomic mass is 9.58. The van der Waals surface area contributed by atoms with Crippen LogP contribution in [-0.2, 0) is 4.74 Å². The molecule has 0 aromatic rings. The Morgan fingerprint density at radius 1 is 1.12 bits per heavy atom. The van der Waals surface area contributed by atoms with E-state index in [2.05, 4.69) is 26.1 Å². The fraction of sp³-hybridized carbons (Fsp3) is 1.00. The molecule has 2 aliphatic carbocycles. The summed E-state index contributed by atoms with van der Waals surface area (Å²) in [4.78, 5) is 0. The molecule has 2 heteroatoms. The Kier molecular flexibility index (Phi) is 4.48. The van der Waals surface area contributed by atoms with Crippen molar-refractivity contribution in [3.63, 3.8) is 0 Å². The molecule has 0 bridgehead atoms. The first-order valence-electron chi connectivity index (χ1n) is 7.65. The molecule has 0 amide bonds. The summed E-state index contributed by atoms with van der Waals surface area (Å²) in [6.45, 7) is 7.96. The summed E-state index contributed by atoms with van der Waals surface area (Å²) < 4.78 is 6.38. The van der Waals surface area contributed by atoms with Gasteiger partial charge in [-0.05, 0) is 38.6 Å². The number of hydrogen-bond donors (Lipinski definition) is 1. The van der Waals surface area contributed by atoms with Crippen LogP contribution in [0.1, 0.15) is 65.7 Å². The summed E-state index contributed by atoms with van der Waals surface area (Å²) in [6.07, 6.45) is 10.2. The van der Waals surface area contributed by atoms with E-state index in [4.69, 9.17) is 4.74 Å². The molecule has 0 aliphatic heterocycles. The first-order valence-corrected chi connectivity index (χ1v) is 7.65. The maximum Gasteiger partial charge on any atom is 0.0664 e. The van der Waals surface area contributed by atoms with E-state index >= 15 is 0 Å². The minimum atomic E-state index is 0.415. The molecule has 2 aliphatic rings. The second-order valence-corrected chi connectivity index (χ2v) is 5.82. The average Bonchev–Trinajstić information content (AvgIpc) is 2.82. The van der Waals surface area contributed by atoms with Crippen LogP contribution < -0.4 is 5.32 Å². The topological polar surface area (TPSA) is 21.3 Å². The lowest BCUT2D eigenvalue weighted by molar-refractivity contribution is -0.164. The van der Waals surface area contributed by atoms with Crippen molar-refractivity contribution in [3.05, 3.63) is 0 Å². The van der Waals surface area contributed by atoms with Gasteiger partial charge in [0.25, 0.3) is 0 Å². The molecule has 2 saturated carbocycles. The number of hydrogen-bond acceptors (Lipinski definition) is 2. The van der Waals surface area contributed by atoms with Crippen LogP contribution in [0.4, 0.5) is 0 Å². The van der Waals surface area contributed by atoms with E-state index in [1.165, 1.54) is 44.9 Å². The van der Waals surface area contributed by atoms with Crippen LogP contribution in [0.25, 0.3) is 0 Å². The number of rotatable bonds is 6. The first kappa shape index (κ1) is 13.4. The van der Waals surface area contributed by atoms with Crippen molar-refractivity contribution in [1.82, 2.24) is 5.32 Å². The van der Waals surface area contributed by atoms with Crippen molar-refractivity contribution in [2.45, 2.75) is 84.0 Å². The molecule has 2 rings (SSSR count). The van der Waals surface area contributed by atoms with Gasteiger partial charge in [0.1, 0.15) is 0 Å². The Bertz CT molecular complexity index is 231. The highest BCUT2D eigenvalue weighted by molar-refractivity contribution is 5.07. The lowest BCUT2D eigenvalue weighted by Crippen LogP contribution is -2.63. The Balaban J connectivity index is 1.93. The third kappa shape index (κ3) is 2.39. The van der Waals surface area contributed by atoms with Gasteiger partial charge in [-0.2, -0.15) is 0 Å². The van der Waals surface area contributed by atoms with E-state index in [1.807, 2.05) is 0 Å². The van der Waals surface area contributed by atoms with E-state index in [0.29, 0.717) is 23.7 Å². The average molecular weight is 239 g/mol. The summed E-state index contributed by atoms with van der Waals surface area (Å²) in [7, 11) is 0. The van der Waals surface area contributed by atoms with Gasteiger partial charge in [0.2, 0.25) is 0 Å². The second-order valence-electron chi connectivity index (χ2n) is 5.82. The monoisotopic (exact) mass is 239 g/mol. The molecule has 2 atom stereocenters. The van der Waals surface area contributed by atoms with E-state index in [0.717, 1.165) is 6.54 Å². The predicted molar refractivity (Wildman–Crippen MR) is 72.2 cm³/mol. The van der Waals surface area contributed by atoms with Crippen molar-refractivity contribution >= 4 is 0 Å². The first-order chi connectivity index (χ1) is 8.26. The van der Waals surface area contributed by atoms with Crippen molar-refractivity contribution in [2.24, 2.45) is 5.41 Å². The molecule has 0 saturated heterocycles. The van der Waals surface area contributed by atoms with Crippen LogP contribution in [0.2, 0.25) is 0 Å². The highest BCUT2D eigenvalue weighted by Gasteiger charge is 2.53. The lowest BCUT2D eigenvalue weighted by Gasteiger charge is -2.56. The Morgan fingerprint density at radius 3 is 2.29 bits per heavy atom. The van der Waals surface area contributed by atoms with E-state index in [-0.39, 0.29) is 0 Å². The maximum atomic E-state index is 6.38. The quantitative estimate of drug-likeness (QED) is 0.766. The molecule has 17 heavy (non-hydrogen) atoms. The van der Waals surface area contributed by atoms with Crippen molar-refractivity contribution in [1.29, 1.82) is 0 Å². The molecular weight excluding hydrogens is 210 g/mol. The third-order valence-corrected chi connectivity index (χ3v) is 5.21. The molecule has 2 nitrogen and oxygen atoms in total. The second kappa shape index (κ2) is 5.71. The van der Waals surface area contributed by atoms with Gasteiger partial charge in [0.15, 0.2) is 0 Å². The Hall–Kier alpha value is -0.0800. The van der Waals surface area contributed by atoms with Crippen LogP contribution in [-0.4, -0.2) is 24.8 Å². The highest BCUT2D eigenvalue weighted by Crippen LogP contribution is 2.50. The SMILES string of the molecule is CCNC1CC(OC2CCCC2)C1(CC)CC. The van der Waals surface area contributed by atoms with Crippen LogP contribution in [0, 0.1) is 5.41 Å². The van der Waals surface area contributed by atoms with Gasteiger partial charge in [-0.15, -0.1) is 0 Å². The molecule has 0 heterocycles. The standard InChI is InChI=1S/C15H29NO/c1-4-15(5-2)13(16-6-3)11-14(15)17-12-9-7-8-10-12/h12-14,16H,4-11H2,1-3H3. The van der Waals surface area contributed by atoms with Crippen LogP contribution in [0.15, 0.2) is 0 Å². The largest absolute Gasteiger partial charge is 0.374 e. The number of nitrogens with one attached hydrogen (secondary N) is 1. The summed E-state index contributed by atoms with van der Waals surface area (Å²) in [6, 6.07) is 0.689. The normalized spacial score (nSPS) is 32.6. The molecule has 1 N–H and O–H groups in total. The number of ether oxygens (including phenoxy) is 1. The van der Waals surface area contributed by atoms with Gasteiger partial charge in [-0.3, -0.25) is 0 Å². The van der Waals surface area contributed by atoms with E-state index in [9.17, 15) is 0 Å². The van der Waals surface area contributed by atoms with Crippen LogP contribution in [0.5, 0.6) is 0 Å². The Labute approximate surface area is 107 Å². The van der Waals surface area contributed by atoms with Gasteiger partial charge < -0.3 is 10.1 Å². The molecule has 100 valence electrons. The van der Waals surface area contributed by atoms with Gasteiger partial charge in [-0.25, -0.2) is 0 Å². The van der Waals surface area contributed by atoms with Crippen LogP contribution in [0.3, 0.4) is 0 Å². The summed E-state index contributed by atoms with van der Waals surface area (Å²) in [5.74, 6) is 0. The molecular formula is C15H29NO. The van der Waals surface area contributed by atoms with E-state index < -0.39 is 0 Å². The summed E-state index contributed by atoms with van der Waals surface area (Å²) in [5, 5.41) is 3.65. The molecule has 2 fully saturated rings. The molecule has 0 radical (unpaired) electrons. The van der Waals surface area contributed by atoms with Crippen LogP contribution >= 0.6 is 0 Å². The fourth-order valence-corrected chi connectivity index (χ4v) is 3.93. The zero-order valence-electron chi connectivity index (χ0n) is 11.8. The molecule has 0 spiro atoms. The van der Waals surface area contributed by atoms with Gasteiger partial charge in [0.05, 0.1) is 12.2 Å². The highest BCUT2D eigenvalue weighted by atomic mass is 16.5. The smallest absolute Gasteiger partial charge is 0.0664 e. The molecule has 2 unspecified atom stereocenters. The minimum Gasteiger partial charge on any atom is -0.374 e. The van der Waals surface area contributed by atoms with Gasteiger partial charge in [-0.1, -0.05) is 33.6 Å². The predicted octanol–water partition coefficient (Wildman–Crippen LogP) is 3.50. The van der Waals surface area contributed by atoms with E-state index in [1.54, 1.807) is 0 Å². The summed E-state index contributed by atoms with van der Waals surface area (Å²) >= 11 is 0. The molecule has 0 aromatic heterocycles. The zero-order valence-corrected chi connectivity index (χ0v) is 11.8. The van der Waals surface area contributed by atoms with Gasteiger partial charge in [0, 0.05) is 11.5 Å².